The second-order valence-corrected chi connectivity index (χ2v) is 10.5. The number of benzene rings is 4. The number of rotatable bonds is 10. The summed E-state index contributed by atoms with van der Waals surface area (Å²) in [6.45, 7) is 7.97. The maximum atomic E-state index is 15.2. The normalized spacial score (nSPS) is 16.8. The molecule has 1 heterocycles. The van der Waals surface area contributed by atoms with Crippen LogP contribution in [0, 0.1) is 35.0 Å². The van der Waals surface area contributed by atoms with Gasteiger partial charge >= 0.3 is 6.11 Å². The van der Waals surface area contributed by atoms with E-state index in [1.165, 1.54) is 18.2 Å². The van der Waals surface area contributed by atoms with Crippen LogP contribution in [0.1, 0.15) is 35.8 Å². The van der Waals surface area contributed by atoms with E-state index in [1.807, 2.05) is 6.08 Å². The molecule has 0 amide bonds. The molecule has 5 rings (SSSR count). The van der Waals surface area contributed by atoms with Crippen LogP contribution in [0.2, 0.25) is 0 Å². The minimum atomic E-state index is -4.54. The Bertz CT molecular complexity index is 1710. The third-order valence-electron chi connectivity index (χ3n) is 7.37. The lowest BCUT2D eigenvalue weighted by atomic mass is 9.97. The monoisotopic (exact) mass is 628 g/mol. The summed E-state index contributed by atoms with van der Waals surface area (Å²) in [6, 6.07) is 11.5. The fraction of sp³-hybridized carbons (Fsp3) is 0.200. The zero-order valence-corrected chi connectivity index (χ0v) is 23.8. The van der Waals surface area contributed by atoms with Crippen LogP contribution in [0.15, 0.2) is 86.0 Å². The molecule has 1 fully saturated rings. The standard InChI is InChI=1S/C35H27F7O3/c1-3-5-6-20-18-43-34(44-19-20)23-9-12-26(30(38)14-23)22-8-11-27(29(37)13-22)24-15-31(39)33(32(40)16-24)35(41,42)45-25-10-7-21(4-2)28(36)17-25/h3-4,7-17,20,34H,1-2,5-6,18-19H2. The lowest BCUT2D eigenvalue weighted by Crippen LogP contribution is -2.27. The highest BCUT2D eigenvalue weighted by molar-refractivity contribution is 5.72. The van der Waals surface area contributed by atoms with Crippen LogP contribution in [0.3, 0.4) is 0 Å². The number of allylic oxidation sites excluding steroid dienone is 1. The molecule has 0 bridgehead atoms. The van der Waals surface area contributed by atoms with E-state index in [9.17, 15) is 22.0 Å². The van der Waals surface area contributed by atoms with Crippen LogP contribution in [0.4, 0.5) is 30.7 Å². The molecule has 3 nitrogen and oxygen atoms in total. The predicted molar refractivity (Wildman–Crippen MR) is 156 cm³/mol. The zero-order valence-electron chi connectivity index (χ0n) is 23.8. The van der Waals surface area contributed by atoms with Crippen molar-refractivity contribution >= 4 is 6.08 Å². The molecule has 0 unspecified atom stereocenters. The van der Waals surface area contributed by atoms with Crippen LogP contribution in [0.5, 0.6) is 5.75 Å². The van der Waals surface area contributed by atoms with Gasteiger partial charge < -0.3 is 14.2 Å². The van der Waals surface area contributed by atoms with Gasteiger partial charge in [-0.2, -0.15) is 8.78 Å². The summed E-state index contributed by atoms with van der Waals surface area (Å²) in [5, 5.41) is 0. The second kappa shape index (κ2) is 13.3. The SMILES string of the molecule is C=CCCC1COC(c2ccc(-c3ccc(-c4cc(F)c(C(F)(F)Oc5ccc(C=C)c(F)c5)c(F)c4)c(F)c3)c(F)c2)OC1. The Morgan fingerprint density at radius 3 is 1.96 bits per heavy atom. The molecule has 1 saturated heterocycles. The summed E-state index contributed by atoms with van der Waals surface area (Å²) in [4.78, 5) is 0. The van der Waals surface area contributed by atoms with Crippen molar-refractivity contribution in [3.05, 3.63) is 132 Å². The summed E-state index contributed by atoms with van der Waals surface area (Å²) in [7, 11) is 0. The first-order valence-corrected chi connectivity index (χ1v) is 13.9. The average Bonchev–Trinajstić information content (AvgIpc) is 2.99. The molecule has 1 aliphatic heterocycles. The van der Waals surface area contributed by atoms with Crippen LogP contribution in [-0.2, 0) is 15.6 Å². The van der Waals surface area contributed by atoms with Gasteiger partial charge in [0.2, 0.25) is 0 Å². The molecule has 234 valence electrons. The summed E-state index contributed by atoms with van der Waals surface area (Å²) in [5.74, 6) is -6.50. The van der Waals surface area contributed by atoms with Crippen LogP contribution in [0.25, 0.3) is 28.3 Å². The number of hydrogen-bond acceptors (Lipinski definition) is 3. The molecule has 0 aliphatic carbocycles. The van der Waals surface area contributed by atoms with Gasteiger partial charge in [-0.15, -0.1) is 6.58 Å². The largest absolute Gasteiger partial charge is 0.432 e. The highest BCUT2D eigenvalue weighted by Crippen LogP contribution is 2.39. The van der Waals surface area contributed by atoms with Gasteiger partial charge in [0.05, 0.1) is 13.2 Å². The molecule has 4 aromatic rings. The minimum Gasteiger partial charge on any atom is -0.429 e. The Morgan fingerprint density at radius 2 is 1.36 bits per heavy atom. The van der Waals surface area contributed by atoms with Gasteiger partial charge in [-0.3, -0.25) is 0 Å². The van der Waals surface area contributed by atoms with Crippen molar-refractivity contribution in [1.29, 1.82) is 0 Å². The van der Waals surface area contributed by atoms with Crippen LogP contribution >= 0.6 is 0 Å². The van der Waals surface area contributed by atoms with Gasteiger partial charge in [0.1, 0.15) is 40.4 Å². The maximum Gasteiger partial charge on any atom is 0.432 e. The fourth-order valence-electron chi connectivity index (χ4n) is 5.03. The summed E-state index contributed by atoms with van der Waals surface area (Å²) >= 11 is 0. The van der Waals surface area contributed by atoms with E-state index in [0.717, 1.165) is 43.2 Å². The Kier molecular flexibility index (Phi) is 9.45. The van der Waals surface area contributed by atoms with Crippen LogP contribution in [-0.4, -0.2) is 13.2 Å². The first-order chi connectivity index (χ1) is 21.5. The first-order valence-electron chi connectivity index (χ1n) is 13.9. The summed E-state index contributed by atoms with van der Waals surface area (Å²) in [6.07, 6.45) is -0.633. The molecule has 45 heavy (non-hydrogen) atoms. The smallest absolute Gasteiger partial charge is 0.429 e. The molecule has 0 spiro atoms. The number of hydrogen-bond donors (Lipinski definition) is 0. The Hall–Kier alpha value is -4.41. The van der Waals surface area contributed by atoms with E-state index < -0.39 is 52.8 Å². The molecule has 0 saturated carbocycles. The molecule has 4 aromatic carbocycles. The van der Waals surface area contributed by atoms with Crippen molar-refractivity contribution in [2.75, 3.05) is 13.2 Å². The molecular weight excluding hydrogens is 601 g/mol. The Morgan fingerprint density at radius 1 is 0.733 bits per heavy atom. The molecular formula is C35H27F7O3. The third kappa shape index (κ3) is 6.97. The number of alkyl halides is 2. The van der Waals surface area contributed by atoms with Crippen molar-refractivity contribution in [2.45, 2.75) is 25.2 Å². The fourth-order valence-corrected chi connectivity index (χ4v) is 5.03. The summed E-state index contributed by atoms with van der Waals surface area (Å²) < 4.78 is 120. The van der Waals surface area contributed by atoms with E-state index in [-0.39, 0.29) is 33.7 Å². The molecule has 0 aromatic heterocycles. The van der Waals surface area contributed by atoms with Gasteiger partial charge in [-0.05, 0) is 60.4 Å². The van der Waals surface area contributed by atoms with Gasteiger partial charge in [-0.25, -0.2) is 22.0 Å². The summed E-state index contributed by atoms with van der Waals surface area (Å²) in [5.41, 5.74) is -1.81. The van der Waals surface area contributed by atoms with E-state index in [4.69, 9.17) is 9.47 Å². The third-order valence-corrected chi connectivity index (χ3v) is 7.37. The minimum absolute atomic E-state index is 0.0112. The van der Waals surface area contributed by atoms with Crippen molar-refractivity contribution in [3.63, 3.8) is 0 Å². The van der Waals surface area contributed by atoms with E-state index in [0.29, 0.717) is 37.0 Å². The number of ether oxygens (including phenoxy) is 3. The quantitative estimate of drug-likeness (QED) is 0.129. The molecule has 1 aliphatic rings. The van der Waals surface area contributed by atoms with Crippen molar-refractivity contribution in [3.8, 4) is 28.0 Å². The highest BCUT2D eigenvalue weighted by Gasteiger charge is 2.41. The van der Waals surface area contributed by atoms with Crippen molar-refractivity contribution < 1.29 is 44.9 Å². The van der Waals surface area contributed by atoms with Gasteiger partial charge in [0, 0.05) is 34.2 Å². The van der Waals surface area contributed by atoms with Crippen molar-refractivity contribution in [2.24, 2.45) is 5.92 Å². The zero-order chi connectivity index (χ0) is 32.3. The predicted octanol–water partition coefficient (Wildman–Crippen LogP) is 10.1. The van der Waals surface area contributed by atoms with Crippen LogP contribution < -0.4 is 4.74 Å². The van der Waals surface area contributed by atoms with Crippen molar-refractivity contribution in [1.82, 2.24) is 0 Å². The Labute approximate surface area is 255 Å². The van der Waals surface area contributed by atoms with Gasteiger partial charge in [0.15, 0.2) is 6.29 Å². The highest BCUT2D eigenvalue weighted by atomic mass is 19.3. The first kappa shape index (κ1) is 32.0. The lowest BCUT2D eigenvalue weighted by Gasteiger charge is -2.29. The molecule has 0 radical (unpaired) electrons. The molecule has 10 heteroatoms. The molecule has 0 atom stereocenters. The second-order valence-electron chi connectivity index (χ2n) is 10.5. The topological polar surface area (TPSA) is 27.7 Å². The maximum absolute atomic E-state index is 15.2. The lowest BCUT2D eigenvalue weighted by molar-refractivity contribution is -0.205. The van der Waals surface area contributed by atoms with E-state index >= 15 is 8.78 Å². The van der Waals surface area contributed by atoms with Gasteiger partial charge in [0.25, 0.3) is 0 Å². The average molecular weight is 629 g/mol. The Balaban J connectivity index is 1.34. The molecule has 0 N–H and O–H groups in total. The van der Waals surface area contributed by atoms with Gasteiger partial charge in [-0.1, -0.05) is 43.0 Å². The van der Waals surface area contributed by atoms with E-state index in [1.54, 1.807) is 6.07 Å². The van der Waals surface area contributed by atoms with E-state index in [2.05, 4.69) is 17.9 Å². The number of halogens is 7.